The molecule has 0 aromatic heterocycles. The lowest BCUT2D eigenvalue weighted by atomic mass is 10.0. The minimum atomic E-state index is -0.361. The number of morpholine rings is 1. The topological polar surface area (TPSA) is 42.0 Å². The van der Waals surface area contributed by atoms with Crippen molar-refractivity contribution in [2.45, 2.75) is 24.0 Å². The van der Waals surface area contributed by atoms with Crippen molar-refractivity contribution >= 4 is 17.7 Å². The Hall–Kier alpha value is -1.24. The Labute approximate surface area is 147 Å². The Balaban J connectivity index is 1.40. The molecule has 1 aromatic rings. The number of fused-ring (bicyclic) bond motifs is 1. The molecule has 24 heavy (non-hydrogen) atoms. The molecule has 0 radical (unpaired) electrons. The summed E-state index contributed by atoms with van der Waals surface area (Å²) in [4.78, 5) is 18.5. The highest BCUT2D eigenvalue weighted by molar-refractivity contribution is 7.99. The number of benzene rings is 1. The first-order valence-corrected chi connectivity index (χ1v) is 9.70. The molecule has 3 atom stereocenters. The average Bonchev–Trinajstić information content (AvgIpc) is 3.03. The zero-order chi connectivity index (χ0) is 16.5. The highest BCUT2D eigenvalue weighted by Crippen LogP contribution is 2.36. The van der Waals surface area contributed by atoms with E-state index in [-0.39, 0.29) is 12.0 Å². The van der Waals surface area contributed by atoms with Gasteiger partial charge in [-0.1, -0.05) is 19.1 Å². The number of carbonyl (C=O) groups is 1. The molecule has 0 aliphatic carbocycles. The lowest BCUT2D eigenvalue weighted by Crippen LogP contribution is -2.48. The number of para-hydroxylation sites is 1. The first kappa shape index (κ1) is 16.2. The van der Waals surface area contributed by atoms with E-state index in [0.717, 1.165) is 50.0 Å². The van der Waals surface area contributed by atoms with E-state index in [1.807, 2.05) is 29.2 Å². The smallest absolute Gasteiger partial charge is 0.264 e. The Kier molecular flexibility index (Phi) is 4.70. The van der Waals surface area contributed by atoms with Crippen LogP contribution in [0.25, 0.3) is 0 Å². The number of thioether (sulfide) groups is 1. The molecule has 2 saturated heterocycles. The summed E-state index contributed by atoms with van der Waals surface area (Å²) in [5.74, 6) is 2.17. The van der Waals surface area contributed by atoms with Gasteiger partial charge in [0.25, 0.3) is 5.91 Å². The molecule has 1 amide bonds. The number of nitrogens with zero attached hydrogens (tertiary/aromatic N) is 2. The minimum absolute atomic E-state index is 0.139. The second-order valence-electron chi connectivity index (χ2n) is 6.80. The summed E-state index contributed by atoms with van der Waals surface area (Å²) >= 11 is 1.71. The van der Waals surface area contributed by atoms with Crippen LogP contribution in [-0.2, 0) is 9.53 Å². The first-order chi connectivity index (χ1) is 11.7. The van der Waals surface area contributed by atoms with Crippen LogP contribution >= 0.6 is 11.8 Å². The van der Waals surface area contributed by atoms with Gasteiger partial charge in [-0.2, -0.15) is 0 Å². The van der Waals surface area contributed by atoms with Crippen molar-refractivity contribution in [3.8, 4) is 5.75 Å². The fourth-order valence-electron chi connectivity index (χ4n) is 3.86. The Bertz CT molecular complexity index is 606. The van der Waals surface area contributed by atoms with Crippen LogP contribution in [0.3, 0.4) is 0 Å². The zero-order valence-electron chi connectivity index (χ0n) is 14.0. The number of ether oxygens (including phenoxy) is 2. The number of likely N-dealkylation sites (tertiary alicyclic amines) is 1. The second-order valence-corrected chi connectivity index (χ2v) is 7.86. The molecule has 3 aliphatic heterocycles. The maximum absolute atomic E-state index is 12.9. The molecule has 5 nitrogen and oxygen atoms in total. The van der Waals surface area contributed by atoms with Crippen molar-refractivity contribution in [3.63, 3.8) is 0 Å². The van der Waals surface area contributed by atoms with E-state index in [0.29, 0.717) is 17.7 Å². The second kappa shape index (κ2) is 6.94. The average molecular weight is 348 g/mol. The maximum Gasteiger partial charge on any atom is 0.264 e. The highest BCUT2D eigenvalue weighted by Gasteiger charge is 2.40. The van der Waals surface area contributed by atoms with Crippen molar-refractivity contribution < 1.29 is 14.3 Å². The maximum atomic E-state index is 12.9. The summed E-state index contributed by atoms with van der Waals surface area (Å²) in [5, 5.41) is 0. The van der Waals surface area contributed by atoms with Crippen LogP contribution in [0.15, 0.2) is 29.2 Å². The minimum Gasteiger partial charge on any atom is -0.479 e. The predicted molar refractivity (Wildman–Crippen MR) is 93.5 cm³/mol. The van der Waals surface area contributed by atoms with Crippen LogP contribution in [0.4, 0.5) is 0 Å². The normalized spacial score (nSPS) is 30.7. The van der Waals surface area contributed by atoms with Gasteiger partial charge < -0.3 is 14.4 Å². The van der Waals surface area contributed by atoms with Gasteiger partial charge >= 0.3 is 0 Å². The third-order valence-corrected chi connectivity index (χ3v) is 6.30. The van der Waals surface area contributed by atoms with Gasteiger partial charge in [-0.15, -0.1) is 11.8 Å². The summed E-state index contributed by atoms with van der Waals surface area (Å²) in [6.07, 6.45) is -0.361. The van der Waals surface area contributed by atoms with E-state index in [2.05, 4.69) is 11.8 Å². The standard InChI is InChI=1S/C18H24N2O3S/c1-13-10-20(11-14(13)19-6-8-22-9-7-19)18(21)16-12-24-17-5-3-2-4-15(17)23-16/h2-5,13-14,16H,6-12H2,1H3/t13-,14+,16-/m1/s1. The number of amides is 1. The van der Waals surface area contributed by atoms with Crippen molar-refractivity contribution in [1.29, 1.82) is 0 Å². The van der Waals surface area contributed by atoms with Gasteiger partial charge in [-0.25, -0.2) is 0 Å². The van der Waals surface area contributed by atoms with Crippen molar-refractivity contribution in [1.82, 2.24) is 9.80 Å². The van der Waals surface area contributed by atoms with Gasteiger partial charge in [0.15, 0.2) is 6.10 Å². The van der Waals surface area contributed by atoms with Crippen molar-refractivity contribution in [2.75, 3.05) is 45.1 Å². The van der Waals surface area contributed by atoms with E-state index >= 15 is 0 Å². The first-order valence-electron chi connectivity index (χ1n) is 8.71. The summed E-state index contributed by atoms with van der Waals surface area (Å²) in [6, 6.07) is 8.41. The van der Waals surface area contributed by atoms with Gasteiger partial charge in [0.2, 0.25) is 0 Å². The quantitative estimate of drug-likeness (QED) is 0.814. The molecule has 3 heterocycles. The largest absolute Gasteiger partial charge is 0.479 e. The van der Waals surface area contributed by atoms with Gasteiger partial charge in [-0.3, -0.25) is 9.69 Å². The van der Waals surface area contributed by atoms with E-state index in [1.165, 1.54) is 0 Å². The Morgan fingerprint density at radius 2 is 2.00 bits per heavy atom. The van der Waals surface area contributed by atoms with Crippen LogP contribution in [-0.4, -0.2) is 73.0 Å². The lowest BCUT2D eigenvalue weighted by molar-refractivity contribution is -0.137. The van der Waals surface area contributed by atoms with Gasteiger partial charge in [0, 0.05) is 42.9 Å². The molecule has 1 aromatic carbocycles. The van der Waals surface area contributed by atoms with Crippen molar-refractivity contribution in [2.24, 2.45) is 5.92 Å². The van der Waals surface area contributed by atoms with Crippen LogP contribution in [0.2, 0.25) is 0 Å². The van der Waals surface area contributed by atoms with Gasteiger partial charge in [-0.05, 0) is 18.1 Å². The highest BCUT2D eigenvalue weighted by atomic mass is 32.2. The molecule has 0 unspecified atom stereocenters. The Morgan fingerprint density at radius 1 is 1.21 bits per heavy atom. The van der Waals surface area contributed by atoms with Crippen LogP contribution in [0.5, 0.6) is 5.75 Å². The van der Waals surface area contributed by atoms with E-state index < -0.39 is 0 Å². The molecular formula is C18H24N2O3S. The molecule has 0 bridgehead atoms. The zero-order valence-corrected chi connectivity index (χ0v) is 14.8. The summed E-state index contributed by atoms with van der Waals surface area (Å²) in [5.41, 5.74) is 0. The van der Waals surface area contributed by atoms with Crippen molar-refractivity contribution in [3.05, 3.63) is 24.3 Å². The molecule has 0 N–H and O–H groups in total. The molecule has 4 rings (SSSR count). The number of hydrogen-bond acceptors (Lipinski definition) is 5. The SMILES string of the molecule is C[C@@H]1CN(C(=O)[C@H]2CSc3ccccc3O2)C[C@@H]1N1CCOCC1. The molecule has 0 spiro atoms. The molecule has 6 heteroatoms. The monoisotopic (exact) mass is 348 g/mol. The molecule has 0 saturated carbocycles. The molecule has 3 aliphatic rings. The van der Waals surface area contributed by atoms with E-state index in [1.54, 1.807) is 11.8 Å². The van der Waals surface area contributed by atoms with Crippen LogP contribution in [0, 0.1) is 5.92 Å². The fraction of sp³-hybridized carbons (Fsp3) is 0.611. The van der Waals surface area contributed by atoms with Gasteiger partial charge in [0.05, 0.1) is 13.2 Å². The number of carbonyl (C=O) groups excluding carboxylic acids is 1. The summed E-state index contributed by atoms with van der Waals surface area (Å²) < 4.78 is 11.4. The Morgan fingerprint density at radius 3 is 2.83 bits per heavy atom. The number of rotatable bonds is 2. The summed E-state index contributed by atoms with van der Waals surface area (Å²) in [6.45, 7) is 7.44. The molecule has 2 fully saturated rings. The lowest BCUT2D eigenvalue weighted by Gasteiger charge is -2.34. The molecular weight excluding hydrogens is 324 g/mol. The molecule has 130 valence electrons. The third-order valence-electron chi connectivity index (χ3n) is 5.18. The van der Waals surface area contributed by atoms with E-state index in [4.69, 9.17) is 9.47 Å². The van der Waals surface area contributed by atoms with Crippen LogP contribution in [0.1, 0.15) is 6.92 Å². The van der Waals surface area contributed by atoms with Gasteiger partial charge in [0.1, 0.15) is 5.75 Å². The predicted octanol–water partition coefficient (Wildman–Crippen LogP) is 1.72. The number of hydrogen-bond donors (Lipinski definition) is 0. The third kappa shape index (κ3) is 3.15. The fourth-order valence-corrected chi connectivity index (χ4v) is 4.83. The van der Waals surface area contributed by atoms with E-state index in [9.17, 15) is 4.79 Å². The summed E-state index contributed by atoms with van der Waals surface area (Å²) in [7, 11) is 0. The van der Waals surface area contributed by atoms with Crippen LogP contribution < -0.4 is 4.74 Å².